The van der Waals surface area contributed by atoms with Gasteiger partial charge >= 0.3 is 0 Å². The van der Waals surface area contributed by atoms with Crippen molar-refractivity contribution in [2.24, 2.45) is 11.7 Å². The maximum atomic E-state index is 12.6. The molecule has 0 spiro atoms. The summed E-state index contributed by atoms with van der Waals surface area (Å²) in [6.07, 6.45) is 3.85. The van der Waals surface area contributed by atoms with E-state index in [-0.39, 0.29) is 5.91 Å². The summed E-state index contributed by atoms with van der Waals surface area (Å²) in [7, 11) is 1.82. The van der Waals surface area contributed by atoms with Crippen molar-refractivity contribution >= 4 is 5.91 Å². The highest BCUT2D eigenvalue weighted by atomic mass is 16.5. The van der Waals surface area contributed by atoms with Crippen LogP contribution in [0.4, 0.5) is 0 Å². The van der Waals surface area contributed by atoms with Gasteiger partial charge in [-0.25, -0.2) is 0 Å². The standard InChI is InChI=1S/C17H24N2O2/c1-19(8-9-21-12-13-6-7-13)16(20)17(18)10-14-4-2-3-5-15(14)11-17/h2-5,13H,6-12,18H2,1H3. The van der Waals surface area contributed by atoms with E-state index < -0.39 is 5.54 Å². The van der Waals surface area contributed by atoms with Gasteiger partial charge in [0.1, 0.15) is 5.54 Å². The van der Waals surface area contributed by atoms with Crippen molar-refractivity contribution < 1.29 is 9.53 Å². The van der Waals surface area contributed by atoms with Crippen LogP contribution in [-0.4, -0.2) is 43.2 Å². The van der Waals surface area contributed by atoms with Gasteiger partial charge in [0.2, 0.25) is 5.91 Å². The molecule has 4 heteroatoms. The number of carbonyl (C=O) groups excluding carboxylic acids is 1. The highest BCUT2D eigenvalue weighted by Crippen LogP contribution is 2.30. The third-order valence-electron chi connectivity index (χ3n) is 4.52. The third kappa shape index (κ3) is 3.27. The van der Waals surface area contributed by atoms with E-state index in [9.17, 15) is 4.79 Å². The van der Waals surface area contributed by atoms with Crippen LogP contribution >= 0.6 is 0 Å². The first-order valence-corrected chi connectivity index (χ1v) is 7.77. The van der Waals surface area contributed by atoms with Gasteiger partial charge in [-0.2, -0.15) is 0 Å². The summed E-state index contributed by atoms with van der Waals surface area (Å²) >= 11 is 0. The van der Waals surface area contributed by atoms with Crippen LogP contribution in [0.5, 0.6) is 0 Å². The highest BCUT2D eigenvalue weighted by Gasteiger charge is 2.41. The largest absolute Gasteiger partial charge is 0.379 e. The molecule has 1 aromatic rings. The molecule has 0 saturated heterocycles. The van der Waals surface area contributed by atoms with Gasteiger partial charge in [-0.3, -0.25) is 4.79 Å². The Hall–Kier alpha value is -1.39. The fourth-order valence-electron chi connectivity index (χ4n) is 3.01. The Morgan fingerprint density at radius 3 is 2.52 bits per heavy atom. The summed E-state index contributed by atoms with van der Waals surface area (Å²) in [5.74, 6) is 0.782. The Balaban J connectivity index is 1.52. The lowest BCUT2D eigenvalue weighted by Gasteiger charge is -2.28. The third-order valence-corrected chi connectivity index (χ3v) is 4.52. The first kappa shape index (κ1) is 14.5. The van der Waals surface area contributed by atoms with E-state index in [1.54, 1.807) is 4.90 Å². The fourth-order valence-corrected chi connectivity index (χ4v) is 3.01. The van der Waals surface area contributed by atoms with Crippen LogP contribution in [0.15, 0.2) is 24.3 Å². The number of rotatable bonds is 6. The fraction of sp³-hybridized carbons (Fsp3) is 0.588. The zero-order valence-corrected chi connectivity index (χ0v) is 12.7. The lowest BCUT2D eigenvalue weighted by atomic mass is 9.95. The number of benzene rings is 1. The predicted molar refractivity (Wildman–Crippen MR) is 81.9 cm³/mol. The molecule has 2 aliphatic rings. The molecule has 1 amide bonds. The molecule has 0 heterocycles. The Morgan fingerprint density at radius 2 is 1.95 bits per heavy atom. The molecular formula is C17H24N2O2. The molecule has 0 bridgehead atoms. The summed E-state index contributed by atoms with van der Waals surface area (Å²) in [4.78, 5) is 14.3. The zero-order valence-electron chi connectivity index (χ0n) is 12.7. The first-order valence-electron chi connectivity index (χ1n) is 7.77. The molecule has 1 aromatic carbocycles. The van der Waals surface area contributed by atoms with Gasteiger partial charge in [-0.1, -0.05) is 24.3 Å². The van der Waals surface area contributed by atoms with E-state index in [0.29, 0.717) is 26.0 Å². The second kappa shape index (κ2) is 5.78. The molecule has 4 nitrogen and oxygen atoms in total. The van der Waals surface area contributed by atoms with Crippen LogP contribution in [0.2, 0.25) is 0 Å². The second-order valence-corrected chi connectivity index (χ2v) is 6.52. The normalized spacial score (nSPS) is 19.3. The average Bonchev–Trinajstić information content (AvgIpc) is 3.22. The van der Waals surface area contributed by atoms with Crippen molar-refractivity contribution in [3.63, 3.8) is 0 Å². The zero-order chi connectivity index (χ0) is 14.9. The second-order valence-electron chi connectivity index (χ2n) is 6.52. The van der Waals surface area contributed by atoms with Gasteiger partial charge in [-0.05, 0) is 42.7 Å². The molecule has 114 valence electrons. The molecule has 1 fully saturated rings. The minimum Gasteiger partial charge on any atom is -0.379 e. The van der Waals surface area contributed by atoms with Gasteiger partial charge in [0, 0.05) is 20.2 Å². The Kier molecular flexibility index (Phi) is 4.00. The Morgan fingerprint density at radius 1 is 1.33 bits per heavy atom. The predicted octanol–water partition coefficient (Wildman–Crippen LogP) is 1.37. The summed E-state index contributed by atoms with van der Waals surface area (Å²) in [6, 6.07) is 8.14. The number of fused-ring (bicyclic) bond motifs is 1. The molecule has 1 saturated carbocycles. The molecule has 2 N–H and O–H groups in total. The van der Waals surface area contributed by atoms with Crippen LogP contribution in [0.25, 0.3) is 0 Å². The number of carbonyl (C=O) groups is 1. The minimum atomic E-state index is -0.783. The average molecular weight is 288 g/mol. The van der Waals surface area contributed by atoms with Crippen LogP contribution < -0.4 is 5.73 Å². The summed E-state index contributed by atoms with van der Waals surface area (Å²) < 4.78 is 5.60. The number of likely N-dealkylation sites (N-methyl/N-ethyl adjacent to an activating group) is 1. The highest BCUT2D eigenvalue weighted by molar-refractivity contribution is 5.87. The maximum absolute atomic E-state index is 12.6. The van der Waals surface area contributed by atoms with Crippen molar-refractivity contribution in [2.45, 2.75) is 31.2 Å². The number of hydrogen-bond acceptors (Lipinski definition) is 3. The van der Waals surface area contributed by atoms with E-state index in [2.05, 4.69) is 12.1 Å². The SMILES string of the molecule is CN(CCOCC1CC1)C(=O)C1(N)Cc2ccccc2C1. The molecule has 2 aliphatic carbocycles. The number of amides is 1. The molecule has 0 unspecified atom stereocenters. The Labute approximate surface area is 126 Å². The van der Waals surface area contributed by atoms with Gasteiger partial charge in [-0.15, -0.1) is 0 Å². The van der Waals surface area contributed by atoms with Gasteiger partial charge < -0.3 is 15.4 Å². The number of nitrogens with two attached hydrogens (primary N) is 1. The lowest BCUT2D eigenvalue weighted by Crippen LogP contribution is -2.55. The van der Waals surface area contributed by atoms with Crippen molar-refractivity contribution in [3.05, 3.63) is 35.4 Å². The molecule has 0 atom stereocenters. The van der Waals surface area contributed by atoms with Crippen LogP contribution in [-0.2, 0) is 22.4 Å². The molecular weight excluding hydrogens is 264 g/mol. The van der Waals surface area contributed by atoms with Gasteiger partial charge in [0.25, 0.3) is 0 Å². The molecule has 0 aromatic heterocycles. The summed E-state index contributed by atoms with van der Waals surface area (Å²) in [5.41, 5.74) is 8.00. The minimum absolute atomic E-state index is 0.0220. The summed E-state index contributed by atoms with van der Waals surface area (Å²) in [5, 5.41) is 0. The molecule has 3 rings (SSSR count). The lowest BCUT2D eigenvalue weighted by molar-refractivity contribution is -0.136. The van der Waals surface area contributed by atoms with E-state index in [4.69, 9.17) is 10.5 Å². The number of hydrogen-bond donors (Lipinski definition) is 1. The summed E-state index contributed by atoms with van der Waals surface area (Å²) in [6.45, 7) is 2.05. The van der Waals surface area contributed by atoms with Crippen LogP contribution in [0, 0.1) is 5.92 Å². The van der Waals surface area contributed by atoms with E-state index in [0.717, 1.165) is 12.5 Å². The van der Waals surface area contributed by atoms with Crippen molar-refractivity contribution in [2.75, 3.05) is 26.8 Å². The molecule has 0 aliphatic heterocycles. The van der Waals surface area contributed by atoms with Crippen molar-refractivity contribution in [3.8, 4) is 0 Å². The molecule has 0 radical (unpaired) electrons. The van der Waals surface area contributed by atoms with Gasteiger partial charge in [0.05, 0.1) is 6.61 Å². The number of ether oxygens (including phenoxy) is 1. The number of nitrogens with zero attached hydrogens (tertiary/aromatic N) is 1. The van der Waals surface area contributed by atoms with Gasteiger partial charge in [0.15, 0.2) is 0 Å². The van der Waals surface area contributed by atoms with E-state index in [1.807, 2.05) is 19.2 Å². The molecule has 21 heavy (non-hydrogen) atoms. The van der Waals surface area contributed by atoms with E-state index >= 15 is 0 Å². The monoisotopic (exact) mass is 288 g/mol. The Bertz CT molecular complexity index is 500. The quantitative estimate of drug-likeness (QED) is 0.804. The smallest absolute Gasteiger partial charge is 0.243 e. The van der Waals surface area contributed by atoms with E-state index in [1.165, 1.54) is 24.0 Å². The topological polar surface area (TPSA) is 55.6 Å². The van der Waals surface area contributed by atoms with Crippen molar-refractivity contribution in [1.29, 1.82) is 0 Å². The van der Waals surface area contributed by atoms with Crippen LogP contribution in [0.3, 0.4) is 0 Å². The maximum Gasteiger partial charge on any atom is 0.243 e. The van der Waals surface area contributed by atoms with Crippen molar-refractivity contribution in [1.82, 2.24) is 4.90 Å². The van der Waals surface area contributed by atoms with Crippen LogP contribution in [0.1, 0.15) is 24.0 Å². The first-order chi connectivity index (χ1) is 10.1.